The summed E-state index contributed by atoms with van der Waals surface area (Å²) in [5.74, 6) is 0.0148. The average molecular weight is 349 g/mol. The molecular weight excluding hydrogens is 322 g/mol. The van der Waals surface area contributed by atoms with E-state index in [2.05, 4.69) is 0 Å². The number of methoxy groups -OCH3 is 1. The number of nitrogens with two attached hydrogens (primary N) is 1. The van der Waals surface area contributed by atoms with Gasteiger partial charge in [0.1, 0.15) is 11.9 Å². The summed E-state index contributed by atoms with van der Waals surface area (Å²) in [7, 11) is 1.54. The van der Waals surface area contributed by atoms with E-state index < -0.39 is 6.10 Å². The second kappa shape index (κ2) is 7.74. The number of aliphatic hydroxyl groups is 1. The number of carbonyl (C=O) groups excluding carboxylic acids is 2. The molecule has 1 aliphatic heterocycles. The average Bonchev–Trinajstić information content (AvgIpc) is 2.59. The number of benzene rings is 1. The van der Waals surface area contributed by atoms with Gasteiger partial charge in [-0.25, -0.2) is 0 Å². The topological polar surface area (TPSA) is 96.1 Å². The van der Waals surface area contributed by atoms with E-state index in [-0.39, 0.29) is 23.8 Å². The van der Waals surface area contributed by atoms with Crippen LogP contribution in [0.25, 0.3) is 0 Å². The number of rotatable bonds is 4. The number of amides is 2. The summed E-state index contributed by atoms with van der Waals surface area (Å²) in [6.45, 7) is 6.69. The van der Waals surface area contributed by atoms with Crippen molar-refractivity contribution in [3.8, 4) is 5.75 Å². The molecule has 1 aromatic carbocycles. The van der Waals surface area contributed by atoms with Gasteiger partial charge in [-0.05, 0) is 25.0 Å². The molecule has 2 atom stereocenters. The minimum Gasteiger partial charge on any atom is -0.497 e. The van der Waals surface area contributed by atoms with Gasteiger partial charge in [0.25, 0.3) is 11.8 Å². The molecule has 0 bridgehead atoms. The molecule has 0 radical (unpaired) electrons. The fourth-order valence-corrected chi connectivity index (χ4v) is 2.96. The first-order valence-electron chi connectivity index (χ1n) is 8.47. The highest BCUT2D eigenvalue weighted by Gasteiger charge is 2.34. The maximum atomic E-state index is 12.7. The largest absolute Gasteiger partial charge is 0.497 e. The van der Waals surface area contributed by atoms with Gasteiger partial charge in [-0.1, -0.05) is 13.8 Å². The SMILES string of the molecule is COc1ccc(C(=O)N2CCN(C(=O)[C@H](O)C(C)C)[C@@H](C)C2)c(N)c1. The molecule has 1 aliphatic rings. The maximum Gasteiger partial charge on any atom is 0.256 e. The van der Waals surface area contributed by atoms with Gasteiger partial charge in [0.2, 0.25) is 0 Å². The van der Waals surface area contributed by atoms with Gasteiger partial charge in [-0.15, -0.1) is 0 Å². The second-order valence-corrected chi connectivity index (χ2v) is 6.77. The lowest BCUT2D eigenvalue weighted by Crippen LogP contribution is -2.58. The molecule has 2 rings (SSSR count). The van der Waals surface area contributed by atoms with Gasteiger partial charge in [-0.2, -0.15) is 0 Å². The van der Waals surface area contributed by atoms with E-state index in [1.54, 1.807) is 49.0 Å². The standard InChI is InChI=1S/C18H27N3O4/c1-11(2)16(22)18(24)21-8-7-20(10-12(21)3)17(23)14-6-5-13(25-4)9-15(14)19/h5-6,9,11-12,16,22H,7-8,10,19H2,1-4H3/t12-,16+/m0/s1. The zero-order chi connectivity index (χ0) is 18.7. The van der Waals surface area contributed by atoms with Crippen molar-refractivity contribution in [3.05, 3.63) is 23.8 Å². The second-order valence-electron chi connectivity index (χ2n) is 6.77. The first-order valence-corrected chi connectivity index (χ1v) is 8.47. The van der Waals surface area contributed by atoms with E-state index in [0.29, 0.717) is 36.6 Å². The van der Waals surface area contributed by atoms with Crippen LogP contribution in [0, 0.1) is 5.92 Å². The van der Waals surface area contributed by atoms with Gasteiger partial charge in [0.05, 0.1) is 12.7 Å². The van der Waals surface area contributed by atoms with E-state index in [4.69, 9.17) is 10.5 Å². The number of nitrogen functional groups attached to an aromatic ring is 1. The van der Waals surface area contributed by atoms with Crippen molar-refractivity contribution in [2.24, 2.45) is 5.92 Å². The Morgan fingerprint density at radius 1 is 1.32 bits per heavy atom. The number of carbonyl (C=O) groups is 2. The van der Waals surface area contributed by atoms with Crippen LogP contribution in [0.2, 0.25) is 0 Å². The Bertz CT molecular complexity index is 647. The van der Waals surface area contributed by atoms with Crippen molar-refractivity contribution >= 4 is 17.5 Å². The summed E-state index contributed by atoms with van der Waals surface area (Å²) in [4.78, 5) is 28.4. The quantitative estimate of drug-likeness (QED) is 0.790. The highest BCUT2D eigenvalue weighted by Crippen LogP contribution is 2.23. The number of aliphatic hydroxyl groups excluding tert-OH is 1. The van der Waals surface area contributed by atoms with Crippen molar-refractivity contribution in [1.82, 2.24) is 9.80 Å². The number of hydrogen-bond donors (Lipinski definition) is 2. The summed E-state index contributed by atoms with van der Waals surface area (Å²) in [5.41, 5.74) is 6.75. The lowest BCUT2D eigenvalue weighted by molar-refractivity contribution is -0.146. The van der Waals surface area contributed by atoms with E-state index in [1.165, 1.54) is 0 Å². The number of nitrogens with zero attached hydrogens (tertiary/aromatic N) is 2. The van der Waals surface area contributed by atoms with Crippen molar-refractivity contribution in [2.75, 3.05) is 32.5 Å². The van der Waals surface area contributed by atoms with E-state index in [1.807, 2.05) is 6.92 Å². The third-order valence-electron chi connectivity index (χ3n) is 4.57. The Morgan fingerprint density at radius 2 is 2.00 bits per heavy atom. The van der Waals surface area contributed by atoms with Crippen LogP contribution in [0.1, 0.15) is 31.1 Å². The fraction of sp³-hybridized carbons (Fsp3) is 0.556. The zero-order valence-electron chi connectivity index (χ0n) is 15.2. The number of piperazine rings is 1. The van der Waals surface area contributed by atoms with Crippen molar-refractivity contribution in [1.29, 1.82) is 0 Å². The molecule has 3 N–H and O–H groups in total. The van der Waals surface area contributed by atoms with E-state index in [0.717, 1.165) is 0 Å². The summed E-state index contributed by atoms with van der Waals surface area (Å²) in [5, 5.41) is 10.0. The van der Waals surface area contributed by atoms with Crippen LogP contribution >= 0.6 is 0 Å². The van der Waals surface area contributed by atoms with Crippen LogP contribution < -0.4 is 10.5 Å². The van der Waals surface area contributed by atoms with Crippen LogP contribution in [-0.4, -0.2) is 65.6 Å². The van der Waals surface area contributed by atoms with Gasteiger partial charge in [0, 0.05) is 37.4 Å². The van der Waals surface area contributed by atoms with Gasteiger partial charge < -0.3 is 25.4 Å². The van der Waals surface area contributed by atoms with Crippen LogP contribution in [0.3, 0.4) is 0 Å². The van der Waals surface area contributed by atoms with Crippen molar-refractivity contribution in [2.45, 2.75) is 32.9 Å². The Hall–Kier alpha value is -2.28. The zero-order valence-corrected chi connectivity index (χ0v) is 15.2. The Kier molecular flexibility index (Phi) is 5.89. The van der Waals surface area contributed by atoms with Crippen LogP contribution in [-0.2, 0) is 4.79 Å². The molecule has 7 nitrogen and oxygen atoms in total. The molecule has 0 saturated carbocycles. The molecule has 0 spiro atoms. The first kappa shape index (κ1) is 19.1. The molecule has 1 heterocycles. The molecule has 0 aromatic heterocycles. The van der Waals surface area contributed by atoms with Gasteiger partial charge >= 0.3 is 0 Å². The van der Waals surface area contributed by atoms with Gasteiger partial charge in [-0.3, -0.25) is 9.59 Å². The van der Waals surface area contributed by atoms with Gasteiger partial charge in [0.15, 0.2) is 0 Å². The molecule has 0 unspecified atom stereocenters. The van der Waals surface area contributed by atoms with Crippen molar-refractivity contribution < 1.29 is 19.4 Å². The third kappa shape index (κ3) is 4.04. The molecular formula is C18H27N3O4. The smallest absolute Gasteiger partial charge is 0.256 e. The summed E-state index contributed by atoms with van der Waals surface area (Å²) < 4.78 is 5.10. The van der Waals surface area contributed by atoms with E-state index in [9.17, 15) is 14.7 Å². The molecule has 7 heteroatoms. The van der Waals surface area contributed by atoms with E-state index >= 15 is 0 Å². The Morgan fingerprint density at radius 3 is 2.52 bits per heavy atom. The number of hydrogen-bond acceptors (Lipinski definition) is 5. The minimum absolute atomic E-state index is 0.140. The summed E-state index contributed by atoms with van der Waals surface area (Å²) >= 11 is 0. The fourth-order valence-electron chi connectivity index (χ4n) is 2.96. The maximum absolute atomic E-state index is 12.7. The lowest BCUT2D eigenvalue weighted by atomic mass is 10.0. The molecule has 2 amide bonds. The molecule has 138 valence electrons. The molecule has 1 saturated heterocycles. The monoisotopic (exact) mass is 349 g/mol. The number of anilines is 1. The van der Waals surface area contributed by atoms with Crippen molar-refractivity contribution in [3.63, 3.8) is 0 Å². The normalized spacial score (nSPS) is 19.0. The summed E-state index contributed by atoms with van der Waals surface area (Å²) in [6.07, 6.45) is -1.01. The molecule has 25 heavy (non-hydrogen) atoms. The summed E-state index contributed by atoms with van der Waals surface area (Å²) in [6, 6.07) is 4.81. The lowest BCUT2D eigenvalue weighted by Gasteiger charge is -2.41. The highest BCUT2D eigenvalue weighted by molar-refractivity contribution is 5.99. The van der Waals surface area contributed by atoms with Crippen LogP contribution in [0.4, 0.5) is 5.69 Å². The Balaban J connectivity index is 2.07. The number of ether oxygens (including phenoxy) is 1. The predicted molar refractivity (Wildman–Crippen MR) is 95.3 cm³/mol. The molecule has 1 fully saturated rings. The minimum atomic E-state index is -1.01. The third-order valence-corrected chi connectivity index (χ3v) is 4.57. The van der Waals surface area contributed by atoms with Crippen LogP contribution in [0.5, 0.6) is 5.75 Å². The highest BCUT2D eigenvalue weighted by atomic mass is 16.5. The first-order chi connectivity index (χ1) is 11.8. The molecule has 0 aliphatic carbocycles. The predicted octanol–water partition coefficient (Wildman–Crippen LogP) is 0.967. The Labute approximate surface area is 148 Å². The van der Waals surface area contributed by atoms with Crippen LogP contribution in [0.15, 0.2) is 18.2 Å². The molecule has 1 aromatic rings.